The van der Waals surface area contributed by atoms with Crippen molar-refractivity contribution in [2.45, 2.75) is 20.3 Å². The molecule has 1 aromatic rings. The Morgan fingerprint density at radius 2 is 1.88 bits per heavy atom. The number of hydrogen-bond donors (Lipinski definition) is 3. The van der Waals surface area contributed by atoms with Crippen LogP contribution < -0.4 is 15.5 Å². The van der Waals surface area contributed by atoms with Crippen molar-refractivity contribution in [1.82, 2.24) is 5.32 Å². The van der Waals surface area contributed by atoms with Crippen molar-refractivity contribution in [3.05, 3.63) is 36.0 Å². The molecule has 7 nitrogen and oxygen atoms in total. The number of hydrogen-bond acceptors (Lipinski definition) is 5. The van der Waals surface area contributed by atoms with Crippen LogP contribution >= 0.6 is 0 Å². The number of rotatable bonds is 9. The summed E-state index contributed by atoms with van der Waals surface area (Å²) in [6, 6.07) is 9.44. The van der Waals surface area contributed by atoms with E-state index in [1.807, 2.05) is 24.3 Å². The number of nitrogens with one attached hydrogen (secondary N) is 2. The van der Waals surface area contributed by atoms with Crippen LogP contribution in [0.3, 0.4) is 0 Å². The van der Waals surface area contributed by atoms with Crippen molar-refractivity contribution in [3.63, 3.8) is 0 Å². The molecule has 0 bridgehead atoms. The van der Waals surface area contributed by atoms with Crippen molar-refractivity contribution in [2.24, 2.45) is 0 Å². The van der Waals surface area contributed by atoms with Crippen LogP contribution in [0.25, 0.3) is 0 Å². The normalized spacial score (nSPS) is 10.6. The zero-order valence-electron chi connectivity index (χ0n) is 13.9. The molecule has 0 unspecified atom stereocenters. The van der Waals surface area contributed by atoms with Gasteiger partial charge in [0.25, 0.3) is 5.91 Å². The van der Waals surface area contributed by atoms with Gasteiger partial charge < -0.3 is 20.6 Å². The minimum Gasteiger partial charge on any atom is -0.481 e. The van der Waals surface area contributed by atoms with Crippen molar-refractivity contribution < 1.29 is 14.7 Å². The Labute approximate surface area is 141 Å². The first-order chi connectivity index (χ1) is 11.5. The fourth-order valence-electron chi connectivity index (χ4n) is 2.04. The van der Waals surface area contributed by atoms with Gasteiger partial charge in [0.15, 0.2) is 0 Å². The molecule has 0 fully saturated rings. The van der Waals surface area contributed by atoms with Crippen LogP contribution in [0.2, 0.25) is 0 Å². The Bertz CT molecular complexity index is 628. The van der Waals surface area contributed by atoms with Crippen LogP contribution in [-0.2, 0) is 9.59 Å². The van der Waals surface area contributed by atoms with E-state index in [0.29, 0.717) is 0 Å². The van der Waals surface area contributed by atoms with E-state index in [2.05, 4.69) is 29.4 Å². The predicted molar refractivity (Wildman–Crippen MR) is 92.6 cm³/mol. The molecule has 0 aliphatic heterocycles. The topological polar surface area (TPSA) is 105 Å². The van der Waals surface area contributed by atoms with Crippen molar-refractivity contribution in [1.29, 1.82) is 5.26 Å². The maximum Gasteiger partial charge on any atom is 0.305 e. The van der Waals surface area contributed by atoms with E-state index in [-0.39, 0.29) is 18.5 Å². The second kappa shape index (κ2) is 9.90. The monoisotopic (exact) mass is 330 g/mol. The molecule has 1 amide bonds. The summed E-state index contributed by atoms with van der Waals surface area (Å²) in [7, 11) is 0. The third-order valence-electron chi connectivity index (χ3n) is 3.37. The number of nitrogens with zero attached hydrogens (tertiary/aromatic N) is 2. The molecule has 0 aliphatic rings. The third kappa shape index (κ3) is 6.01. The molecule has 1 aromatic carbocycles. The van der Waals surface area contributed by atoms with Gasteiger partial charge in [0.1, 0.15) is 11.6 Å². The van der Waals surface area contributed by atoms with Gasteiger partial charge in [0.05, 0.1) is 6.42 Å². The maximum absolute atomic E-state index is 11.8. The Morgan fingerprint density at radius 1 is 1.25 bits per heavy atom. The largest absolute Gasteiger partial charge is 0.481 e. The van der Waals surface area contributed by atoms with Crippen LogP contribution in [0.4, 0.5) is 11.4 Å². The SMILES string of the molecule is CCN(CC)c1ccc(N/C=C(/C#N)C(=O)NCCC(=O)O)cc1. The summed E-state index contributed by atoms with van der Waals surface area (Å²) < 4.78 is 0. The maximum atomic E-state index is 11.8. The summed E-state index contributed by atoms with van der Waals surface area (Å²) >= 11 is 0. The van der Waals surface area contributed by atoms with Gasteiger partial charge in [-0.1, -0.05) is 0 Å². The fourth-order valence-corrected chi connectivity index (χ4v) is 2.04. The van der Waals surface area contributed by atoms with Crippen LogP contribution in [0.15, 0.2) is 36.0 Å². The molecule has 24 heavy (non-hydrogen) atoms. The molecule has 1 rings (SSSR count). The van der Waals surface area contributed by atoms with Crippen LogP contribution in [-0.4, -0.2) is 36.6 Å². The van der Waals surface area contributed by atoms with E-state index in [9.17, 15) is 9.59 Å². The molecule has 0 spiro atoms. The number of carbonyl (C=O) groups is 2. The van der Waals surface area contributed by atoms with Crippen molar-refractivity contribution in [2.75, 3.05) is 29.9 Å². The number of amides is 1. The molecule has 0 saturated heterocycles. The van der Waals surface area contributed by atoms with E-state index >= 15 is 0 Å². The molecular formula is C17H22N4O3. The van der Waals surface area contributed by atoms with Crippen LogP contribution in [0.5, 0.6) is 0 Å². The number of benzene rings is 1. The molecule has 0 aromatic heterocycles. The summed E-state index contributed by atoms with van der Waals surface area (Å²) in [6.45, 7) is 5.98. The molecule has 3 N–H and O–H groups in total. The zero-order chi connectivity index (χ0) is 17.9. The first-order valence-corrected chi connectivity index (χ1v) is 7.73. The molecule has 0 saturated carbocycles. The number of carboxylic acids is 1. The van der Waals surface area contributed by atoms with E-state index in [1.165, 1.54) is 6.20 Å². The van der Waals surface area contributed by atoms with Crippen LogP contribution in [0, 0.1) is 11.3 Å². The summed E-state index contributed by atoms with van der Waals surface area (Å²) in [5.74, 6) is -1.62. The van der Waals surface area contributed by atoms with E-state index in [1.54, 1.807) is 6.07 Å². The second-order valence-electron chi connectivity index (χ2n) is 4.93. The van der Waals surface area contributed by atoms with Gasteiger partial charge >= 0.3 is 5.97 Å². The molecule has 0 aliphatic carbocycles. The Kier molecular flexibility index (Phi) is 7.85. The summed E-state index contributed by atoms with van der Waals surface area (Å²) in [5, 5.41) is 22.8. The Balaban J connectivity index is 2.66. The third-order valence-corrected chi connectivity index (χ3v) is 3.37. The number of anilines is 2. The highest BCUT2D eigenvalue weighted by Gasteiger charge is 2.09. The minimum absolute atomic E-state index is 0.0221. The lowest BCUT2D eigenvalue weighted by atomic mass is 10.2. The second-order valence-corrected chi connectivity index (χ2v) is 4.93. The van der Waals surface area contributed by atoms with Gasteiger partial charge in [-0.2, -0.15) is 5.26 Å². The minimum atomic E-state index is -1.01. The van der Waals surface area contributed by atoms with Gasteiger partial charge in [-0.3, -0.25) is 9.59 Å². The van der Waals surface area contributed by atoms with Crippen LogP contribution in [0.1, 0.15) is 20.3 Å². The smallest absolute Gasteiger partial charge is 0.305 e. The highest BCUT2D eigenvalue weighted by molar-refractivity contribution is 5.97. The van der Waals surface area contributed by atoms with Gasteiger partial charge in [-0.25, -0.2) is 0 Å². The first kappa shape index (κ1) is 19.0. The molecule has 7 heteroatoms. The van der Waals surface area contributed by atoms with Gasteiger partial charge in [-0.15, -0.1) is 0 Å². The van der Waals surface area contributed by atoms with Gasteiger partial charge in [-0.05, 0) is 38.1 Å². The number of aliphatic carboxylic acids is 1. The summed E-state index contributed by atoms with van der Waals surface area (Å²) in [5.41, 5.74) is 1.73. The Hall–Kier alpha value is -3.01. The molecule has 0 radical (unpaired) electrons. The lowest BCUT2D eigenvalue weighted by molar-refractivity contribution is -0.136. The summed E-state index contributed by atoms with van der Waals surface area (Å²) in [4.78, 5) is 24.4. The number of carboxylic acid groups (broad SMARTS) is 1. The highest BCUT2D eigenvalue weighted by atomic mass is 16.4. The lowest BCUT2D eigenvalue weighted by Gasteiger charge is -2.21. The van der Waals surface area contributed by atoms with Gasteiger partial charge in [0.2, 0.25) is 0 Å². The molecular weight excluding hydrogens is 308 g/mol. The Morgan fingerprint density at radius 3 is 2.38 bits per heavy atom. The first-order valence-electron chi connectivity index (χ1n) is 7.73. The zero-order valence-corrected chi connectivity index (χ0v) is 13.9. The van der Waals surface area contributed by atoms with Crippen molar-refractivity contribution >= 4 is 23.3 Å². The number of carbonyl (C=O) groups excluding carboxylic acids is 1. The predicted octanol–water partition coefficient (Wildman–Crippen LogP) is 1.94. The van der Waals surface area contributed by atoms with Crippen molar-refractivity contribution in [3.8, 4) is 6.07 Å². The fraction of sp³-hybridized carbons (Fsp3) is 0.353. The molecule has 0 atom stereocenters. The van der Waals surface area contributed by atoms with E-state index in [4.69, 9.17) is 10.4 Å². The average molecular weight is 330 g/mol. The van der Waals surface area contributed by atoms with E-state index in [0.717, 1.165) is 24.5 Å². The lowest BCUT2D eigenvalue weighted by Crippen LogP contribution is -2.27. The average Bonchev–Trinajstić information content (AvgIpc) is 2.57. The molecule has 0 heterocycles. The standard InChI is InChI=1S/C17H22N4O3/c1-3-21(4-2)15-7-5-14(6-8-15)20-12-13(11-18)17(24)19-10-9-16(22)23/h5-8,12,20H,3-4,9-10H2,1-2H3,(H,19,24)(H,22,23)/b13-12-. The van der Waals surface area contributed by atoms with Gasteiger partial charge in [0, 0.05) is 37.2 Å². The number of nitriles is 1. The molecule has 128 valence electrons. The highest BCUT2D eigenvalue weighted by Crippen LogP contribution is 2.17. The quantitative estimate of drug-likeness (QED) is 0.472. The summed E-state index contributed by atoms with van der Waals surface area (Å²) in [6.07, 6.45) is 1.12. The van der Waals surface area contributed by atoms with E-state index < -0.39 is 11.9 Å².